The van der Waals surface area contributed by atoms with Crippen molar-refractivity contribution in [1.82, 2.24) is 20.6 Å². The molecular formula is C22H29N7O4S. The number of piperidine rings is 1. The Morgan fingerprint density at radius 1 is 1.21 bits per heavy atom. The molecule has 0 aliphatic carbocycles. The van der Waals surface area contributed by atoms with E-state index >= 15 is 0 Å². The topological polar surface area (TPSA) is 159 Å². The molecule has 34 heavy (non-hydrogen) atoms. The van der Waals surface area contributed by atoms with E-state index in [-0.39, 0.29) is 34.3 Å². The molecule has 1 aromatic heterocycles. The summed E-state index contributed by atoms with van der Waals surface area (Å²) < 4.78 is 23.4. The highest BCUT2D eigenvalue weighted by Gasteiger charge is 2.28. The number of nitrogens with zero attached hydrogens (tertiary/aromatic N) is 3. The highest BCUT2D eigenvalue weighted by atomic mass is 32.2. The number of aromatic nitrogens is 2. The maximum Gasteiger partial charge on any atom is 0.271 e. The molecule has 1 aromatic carbocycles. The average Bonchev–Trinajstić information content (AvgIpc) is 3.34. The number of benzene rings is 1. The number of carbonyl (C=O) groups excluding carboxylic acids is 2. The molecule has 5 N–H and O–H groups in total. The third-order valence-corrected chi connectivity index (χ3v) is 7.19. The minimum absolute atomic E-state index is 0.000543. The molecule has 2 saturated heterocycles. The van der Waals surface area contributed by atoms with Gasteiger partial charge in [-0.1, -0.05) is 0 Å². The van der Waals surface area contributed by atoms with Gasteiger partial charge in [0.15, 0.2) is 21.3 Å². The molecule has 2 aromatic rings. The predicted octanol–water partition coefficient (Wildman–Crippen LogP) is 0.417. The van der Waals surface area contributed by atoms with Crippen LogP contribution in [0.2, 0.25) is 0 Å². The summed E-state index contributed by atoms with van der Waals surface area (Å²) in [6.07, 6.45) is 5.25. The smallest absolute Gasteiger partial charge is 0.271 e. The fraction of sp³-hybridized carbons (Fsp3) is 0.455. The second kappa shape index (κ2) is 9.94. The molecule has 2 aliphatic heterocycles. The van der Waals surface area contributed by atoms with Crippen molar-refractivity contribution in [2.24, 2.45) is 11.7 Å². The molecular weight excluding hydrogens is 458 g/mol. The summed E-state index contributed by atoms with van der Waals surface area (Å²) in [5.41, 5.74) is 6.00. The van der Waals surface area contributed by atoms with Crippen LogP contribution in [0.1, 0.15) is 29.8 Å². The third-order valence-electron chi connectivity index (χ3n) is 6.06. The second-order valence-electron chi connectivity index (χ2n) is 8.69. The van der Waals surface area contributed by atoms with Crippen molar-refractivity contribution in [2.45, 2.75) is 30.2 Å². The van der Waals surface area contributed by atoms with Gasteiger partial charge < -0.3 is 26.6 Å². The van der Waals surface area contributed by atoms with E-state index in [9.17, 15) is 18.0 Å². The first-order chi connectivity index (χ1) is 16.2. The molecule has 0 radical (unpaired) electrons. The van der Waals surface area contributed by atoms with E-state index in [1.165, 1.54) is 18.3 Å². The van der Waals surface area contributed by atoms with Gasteiger partial charge in [0.05, 0.1) is 17.0 Å². The number of sulfone groups is 1. The van der Waals surface area contributed by atoms with E-state index < -0.39 is 15.7 Å². The van der Waals surface area contributed by atoms with Crippen LogP contribution in [-0.4, -0.2) is 68.7 Å². The summed E-state index contributed by atoms with van der Waals surface area (Å²) in [5, 5.41) is 9.39. The van der Waals surface area contributed by atoms with Crippen molar-refractivity contribution in [2.75, 3.05) is 42.7 Å². The molecule has 182 valence electrons. The van der Waals surface area contributed by atoms with Gasteiger partial charge in [0.2, 0.25) is 5.91 Å². The Kier molecular flexibility index (Phi) is 6.98. The fourth-order valence-corrected chi connectivity index (χ4v) is 4.85. The Bertz CT molecular complexity index is 1160. The standard InChI is InChI=1S/C22H29N7O4S/c1-34(32,33)17-6-4-15(5-7-17)26-21-19(20(23)30)25-12-18(28-21)29-10-2-3-16(13-29)27-22(31)14-8-9-24-11-14/h4-7,12,14,16,24H,2-3,8-11,13H2,1H3,(H2,23,30)(H,26,28)(H,27,31)/t14?,16-/m1/s1. The first kappa shape index (κ1) is 23.9. The Morgan fingerprint density at radius 2 is 1.97 bits per heavy atom. The largest absolute Gasteiger partial charge is 0.364 e. The minimum Gasteiger partial charge on any atom is -0.364 e. The Labute approximate surface area is 198 Å². The third kappa shape index (κ3) is 5.62. The number of carbonyl (C=O) groups is 2. The number of hydrogen-bond acceptors (Lipinski definition) is 9. The number of amides is 2. The zero-order valence-electron chi connectivity index (χ0n) is 19.0. The first-order valence-electron chi connectivity index (χ1n) is 11.2. The minimum atomic E-state index is -3.32. The van der Waals surface area contributed by atoms with Crippen LogP contribution in [0.25, 0.3) is 0 Å². The SMILES string of the molecule is CS(=O)(=O)c1ccc(Nc2nc(N3CCC[C@@H](NC(=O)C4CCNC4)C3)cnc2C(N)=O)cc1. The summed E-state index contributed by atoms with van der Waals surface area (Å²) in [5.74, 6) is 0.0899. The molecule has 2 atom stereocenters. The monoisotopic (exact) mass is 487 g/mol. The van der Waals surface area contributed by atoms with Crippen molar-refractivity contribution < 1.29 is 18.0 Å². The lowest BCUT2D eigenvalue weighted by molar-refractivity contribution is -0.125. The van der Waals surface area contributed by atoms with Crippen LogP contribution in [0.15, 0.2) is 35.4 Å². The molecule has 12 heteroatoms. The van der Waals surface area contributed by atoms with Gasteiger partial charge >= 0.3 is 0 Å². The normalized spacial score (nSPS) is 20.7. The van der Waals surface area contributed by atoms with Crippen LogP contribution in [0, 0.1) is 5.92 Å². The van der Waals surface area contributed by atoms with E-state index in [4.69, 9.17) is 5.73 Å². The highest BCUT2D eigenvalue weighted by molar-refractivity contribution is 7.90. The Morgan fingerprint density at radius 3 is 2.62 bits per heavy atom. The summed E-state index contributed by atoms with van der Waals surface area (Å²) in [6.45, 7) is 2.90. The summed E-state index contributed by atoms with van der Waals surface area (Å²) in [6, 6.07) is 6.10. The van der Waals surface area contributed by atoms with Crippen LogP contribution < -0.4 is 26.6 Å². The number of nitrogens with two attached hydrogens (primary N) is 1. The van der Waals surface area contributed by atoms with E-state index in [0.29, 0.717) is 24.6 Å². The van der Waals surface area contributed by atoms with Gasteiger partial charge in [-0.05, 0) is 50.1 Å². The predicted molar refractivity (Wildman–Crippen MR) is 128 cm³/mol. The fourth-order valence-electron chi connectivity index (χ4n) is 4.22. The van der Waals surface area contributed by atoms with Crippen LogP contribution in [0.5, 0.6) is 0 Å². The van der Waals surface area contributed by atoms with Gasteiger partial charge in [0.25, 0.3) is 5.91 Å². The number of nitrogens with one attached hydrogen (secondary N) is 3. The molecule has 0 saturated carbocycles. The molecule has 2 aliphatic rings. The zero-order valence-corrected chi connectivity index (χ0v) is 19.8. The van der Waals surface area contributed by atoms with Crippen molar-refractivity contribution in [3.05, 3.63) is 36.2 Å². The van der Waals surface area contributed by atoms with Gasteiger partial charge in [-0.25, -0.2) is 18.4 Å². The molecule has 1 unspecified atom stereocenters. The number of hydrogen-bond donors (Lipinski definition) is 4. The van der Waals surface area contributed by atoms with E-state index in [0.717, 1.165) is 38.6 Å². The molecule has 4 rings (SSSR count). The molecule has 2 amide bonds. The van der Waals surface area contributed by atoms with Crippen LogP contribution in [-0.2, 0) is 14.6 Å². The van der Waals surface area contributed by atoms with Gasteiger partial charge in [0, 0.05) is 37.6 Å². The lowest BCUT2D eigenvalue weighted by Gasteiger charge is -2.34. The van der Waals surface area contributed by atoms with Gasteiger partial charge in [0.1, 0.15) is 5.82 Å². The van der Waals surface area contributed by atoms with Crippen molar-refractivity contribution in [1.29, 1.82) is 0 Å². The average molecular weight is 488 g/mol. The van der Waals surface area contributed by atoms with Gasteiger partial charge in [-0.2, -0.15) is 0 Å². The Hall–Kier alpha value is -3.25. The van der Waals surface area contributed by atoms with E-state index in [1.54, 1.807) is 12.1 Å². The van der Waals surface area contributed by atoms with Crippen LogP contribution in [0.3, 0.4) is 0 Å². The van der Waals surface area contributed by atoms with Crippen LogP contribution in [0.4, 0.5) is 17.3 Å². The number of primary amides is 1. The lowest BCUT2D eigenvalue weighted by atomic mass is 10.0. The second-order valence-corrected chi connectivity index (χ2v) is 10.7. The zero-order chi connectivity index (χ0) is 24.3. The van der Waals surface area contributed by atoms with Crippen molar-refractivity contribution in [3.8, 4) is 0 Å². The highest BCUT2D eigenvalue weighted by Crippen LogP contribution is 2.24. The molecule has 11 nitrogen and oxygen atoms in total. The van der Waals surface area contributed by atoms with E-state index in [1.807, 2.05) is 4.90 Å². The molecule has 0 spiro atoms. The van der Waals surface area contributed by atoms with Crippen molar-refractivity contribution >= 4 is 39.0 Å². The summed E-state index contributed by atoms with van der Waals surface area (Å²) in [4.78, 5) is 35.5. The van der Waals surface area contributed by atoms with Crippen molar-refractivity contribution in [3.63, 3.8) is 0 Å². The summed E-state index contributed by atoms with van der Waals surface area (Å²) >= 11 is 0. The summed E-state index contributed by atoms with van der Waals surface area (Å²) in [7, 11) is -3.32. The quantitative estimate of drug-likeness (QED) is 0.434. The number of rotatable bonds is 7. The van der Waals surface area contributed by atoms with Gasteiger partial charge in [-0.15, -0.1) is 0 Å². The Balaban J connectivity index is 1.50. The number of anilines is 3. The van der Waals surface area contributed by atoms with E-state index in [2.05, 4.69) is 25.9 Å². The maximum atomic E-state index is 12.5. The first-order valence-corrected chi connectivity index (χ1v) is 13.1. The molecule has 2 fully saturated rings. The van der Waals surface area contributed by atoms with Crippen LogP contribution >= 0.6 is 0 Å². The molecule has 0 bridgehead atoms. The lowest BCUT2D eigenvalue weighted by Crippen LogP contribution is -2.49. The maximum absolute atomic E-state index is 12.5. The van der Waals surface area contributed by atoms with Gasteiger partial charge in [-0.3, -0.25) is 9.59 Å². The molecule has 3 heterocycles.